The quantitative estimate of drug-likeness (QED) is 0.495. The molecule has 154 valence electrons. The largest absolute Gasteiger partial charge is 0.525 e. The first-order valence-corrected chi connectivity index (χ1v) is 10.2. The molecule has 0 unspecified atom stereocenters. The first-order valence-electron chi connectivity index (χ1n) is 8.71. The maximum Gasteiger partial charge on any atom is 0.525 e. The zero-order valence-electron chi connectivity index (χ0n) is 15.7. The average molecular weight is 421 g/mol. The minimum Gasteiger partial charge on any atom is -0.493 e. The molecule has 0 spiro atoms. The Morgan fingerprint density at radius 1 is 1.14 bits per heavy atom. The Morgan fingerprint density at radius 3 is 2.41 bits per heavy atom. The fourth-order valence-corrected chi connectivity index (χ4v) is 3.37. The third kappa shape index (κ3) is 4.34. The molecule has 3 N–H and O–H groups in total. The number of hydrogen-bond acceptors (Lipinski definition) is 5. The lowest BCUT2D eigenvalue weighted by Gasteiger charge is -2.16. The standard InChI is InChI=1S/C18H20N3O7P/c1-3-7-12-10-14(16(15(11-12)27-2)28-29(24,25)26)21-18(23)20(17(22)19-21)13-8-5-4-6-9-13/h4-6,8-11H,3,7H2,1-2H3,(H,19,22)(H2,24,25,26). The van der Waals surface area contributed by atoms with E-state index in [0.29, 0.717) is 12.1 Å². The molecule has 3 aromatic rings. The van der Waals surface area contributed by atoms with E-state index in [1.54, 1.807) is 36.4 Å². The summed E-state index contributed by atoms with van der Waals surface area (Å²) >= 11 is 0. The van der Waals surface area contributed by atoms with Crippen molar-refractivity contribution in [3.63, 3.8) is 0 Å². The molecule has 1 aromatic heterocycles. The zero-order valence-corrected chi connectivity index (χ0v) is 16.6. The van der Waals surface area contributed by atoms with E-state index in [1.807, 2.05) is 6.92 Å². The molecule has 0 atom stereocenters. The molecule has 0 aliphatic heterocycles. The molecule has 0 amide bonds. The number of aromatic nitrogens is 3. The Hall–Kier alpha value is -3.07. The van der Waals surface area contributed by atoms with Crippen LogP contribution in [0, 0.1) is 0 Å². The number of aryl methyl sites for hydroxylation is 1. The van der Waals surface area contributed by atoms with Crippen molar-refractivity contribution in [1.82, 2.24) is 14.3 Å². The summed E-state index contributed by atoms with van der Waals surface area (Å²) in [6, 6.07) is 11.3. The highest BCUT2D eigenvalue weighted by atomic mass is 31.2. The first-order chi connectivity index (χ1) is 13.7. The van der Waals surface area contributed by atoms with Crippen LogP contribution in [0.3, 0.4) is 0 Å². The molecule has 0 saturated carbocycles. The van der Waals surface area contributed by atoms with Crippen molar-refractivity contribution in [3.8, 4) is 22.9 Å². The average Bonchev–Trinajstić information content (AvgIpc) is 2.96. The van der Waals surface area contributed by atoms with E-state index >= 15 is 0 Å². The van der Waals surface area contributed by atoms with Crippen LogP contribution in [0.5, 0.6) is 11.5 Å². The second-order valence-electron chi connectivity index (χ2n) is 6.18. The topological polar surface area (TPSA) is 136 Å². The van der Waals surface area contributed by atoms with E-state index in [2.05, 4.69) is 5.10 Å². The molecule has 3 rings (SSSR count). The smallest absolute Gasteiger partial charge is 0.493 e. The number of rotatable bonds is 7. The van der Waals surface area contributed by atoms with Crippen LogP contribution in [-0.4, -0.2) is 31.2 Å². The molecule has 0 aliphatic carbocycles. The number of benzene rings is 2. The lowest BCUT2D eigenvalue weighted by Crippen LogP contribution is -2.27. The monoisotopic (exact) mass is 421 g/mol. The highest BCUT2D eigenvalue weighted by Gasteiger charge is 2.26. The second-order valence-corrected chi connectivity index (χ2v) is 7.35. The number of H-pyrrole nitrogens is 1. The fourth-order valence-electron chi connectivity index (χ4n) is 2.95. The number of phosphoric ester groups is 1. The van der Waals surface area contributed by atoms with E-state index in [1.165, 1.54) is 13.2 Å². The fraction of sp³-hybridized carbons (Fsp3) is 0.222. The van der Waals surface area contributed by atoms with E-state index in [4.69, 9.17) is 9.26 Å². The Labute approximate surface area is 165 Å². The third-order valence-corrected chi connectivity index (χ3v) is 4.53. The summed E-state index contributed by atoms with van der Waals surface area (Å²) in [6.45, 7) is 1.95. The summed E-state index contributed by atoms with van der Waals surface area (Å²) < 4.78 is 23.3. The van der Waals surface area contributed by atoms with Crippen LogP contribution in [0.4, 0.5) is 0 Å². The van der Waals surface area contributed by atoms with Gasteiger partial charge in [0.05, 0.1) is 12.8 Å². The van der Waals surface area contributed by atoms with Gasteiger partial charge in [-0.25, -0.2) is 23.8 Å². The van der Waals surface area contributed by atoms with Gasteiger partial charge in [0.15, 0.2) is 11.5 Å². The van der Waals surface area contributed by atoms with Crippen LogP contribution in [0.25, 0.3) is 11.4 Å². The second kappa shape index (κ2) is 8.12. The van der Waals surface area contributed by atoms with Gasteiger partial charge in [-0.15, -0.1) is 0 Å². The van der Waals surface area contributed by atoms with Crippen LogP contribution in [0.2, 0.25) is 0 Å². The Bertz CT molecular complexity index is 1170. The molecular formula is C18H20N3O7P. The van der Waals surface area contributed by atoms with Crippen LogP contribution in [0.15, 0.2) is 52.1 Å². The Morgan fingerprint density at radius 2 is 1.83 bits per heavy atom. The van der Waals surface area contributed by atoms with Crippen LogP contribution < -0.4 is 20.6 Å². The molecule has 29 heavy (non-hydrogen) atoms. The van der Waals surface area contributed by atoms with Gasteiger partial charge >= 0.3 is 19.2 Å². The molecule has 0 aliphatic rings. The lowest BCUT2D eigenvalue weighted by molar-refractivity contribution is 0.276. The minimum atomic E-state index is -4.98. The number of methoxy groups -OCH3 is 1. The molecule has 0 fully saturated rings. The van der Waals surface area contributed by atoms with Gasteiger partial charge in [-0.2, -0.15) is 4.68 Å². The number of hydrogen-bond donors (Lipinski definition) is 3. The zero-order chi connectivity index (χ0) is 21.2. The van der Waals surface area contributed by atoms with E-state index in [0.717, 1.165) is 21.2 Å². The molecule has 0 radical (unpaired) electrons. The van der Waals surface area contributed by atoms with Gasteiger partial charge in [0.25, 0.3) is 0 Å². The predicted octanol–water partition coefficient (Wildman–Crippen LogP) is 1.75. The van der Waals surface area contributed by atoms with Crippen LogP contribution in [-0.2, 0) is 11.0 Å². The van der Waals surface area contributed by atoms with Crippen molar-refractivity contribution in [2.45, 2.75) is 19.8 Å². The number of nitrogens with one attached hydrogen (secondary N) is 1. The van der Waals surface area contributed by atoms with E-state index < -0.39 is 19.2 Å². The molecule has 11 heteroatoms. The van der Waals surface area contributed by atoms with Crippen molar-refractivity contribution < 1.29 is 23.6 Å². The van der Waals surface area contributed by atoms with Gasteiger partial charge in [0.1, 0.15) is 5.69 Å². The minimum absolute atomic E-state index is 0.0227. The molecule has 2 aromatic carbocycles. The number of nitrogens with zero attached hydrogens (tertiary/aromatic N) is 2. The van der Waals surface area contributed by atoms with Gasteiger partial charge in [-0.3, -0.25) is 9.79 Å². The normalized spacial score (nSPS) is 11.4. The van der Waals surface area contributed by atoms with Gasteiger partial charge in [0, 0.05) is 0 Å². The molecular weight excluding hydrogens is 401 g/mol. The number of para-hydroxylation sites is 1. The van der Waals surface area contributed by atoms with Gasteiger partial charge in [-0.05, 0) is 36.2 Å². The van der Waals surface area contributed by atoms with Gasteiger partial charge in [0.2, 0.25) is 0 Å². The Balaban J connectivity index is 2.30. The first kappa shape index (κ1) is 20.7. The van der Waals surface area contributed by atoms with Gasteiger partial charge in [-0.1, -0.05) is 31.5 Å². The maximum atomic E-state index is 13.0. The Kier molecular flexibility index (Phi) is 5.78. The van der Waals surface area contributed by atoms with Crippen molar-refractivity contribution in [1.29, 1.82) is 0 Å². The van der Waals surface area contributed by atoms with Crippen molar-refractivity contribution in [2.75, 3.05) is 7.11 Å². The highest BCUT2D eigenvalue weighted by molar-refractivity contribution is 7.46. The lowest BCUT2D eigenvalue weighted by atomic mass is 10.1. The molecule has 10 nitrogen and oxygen atoms in total. The maximum absolute atomic E-state index is 13.0. The van der Waals surface area contributed by atoms with Crippen molar-refractivity contribution in [2.24, 2.45) is 0 Å². The summed E-state index contributed by atoms with van der Waals surface area (Å²) in [6.07, 6.45) is 1.38. The summed E-state index contributed by atoms with van der Waals surface area (Å²) in [5.41, 5.74) is -0.451. The van der Waals surface area contributed by atoms with E-state index in [9.17, 15) is 23.9 Å². The summed E-state index contributed by atoms with van der Waals surface area (Å²) in [4.78, 5) is 44.1. The van der Waals surface area contributed by atoms with Crippen molar-refractivity contribution in [3.05, 3.63) is 69.0 Å². The number of ether oxygens (including phenoxy) is 1. The van der Waals surface area contributed by atoms with Crippen LogP contribution >= 0.6 is 7.82 Å². The number of aromatic amines is 1. The molecule has 0 bridgehead atoms. The van der Waals surface area contributed by atoms with Crippen molar-refractivity contribution >= 4 is 7.82 Å². The summed E-state index contributed by atoms with van der Waals surface area (Å²) in [5, 5.41) is 2.40. The highest BCUT2D eigenvalue weighted by Crippen LogP contribution is 2.45. The van der Waals surface area contributed by atoms with Crippen LogP contribution in [0.1, 0.15) is 18.9 Å². The molecule has 1 heterocycles. The predicted molar refractivity (Wildman–Crippen MR) is 105 cm³/mol. The van der Waals surface area contributed by atoms with E-state index in [-0.39, 0.29) is 17.2 Å². The molecule has 0 saturated heterocycles. The summed E-state index contributed by atoms with van der Waals surface area (Å²) in [5.74, 6) is -0.335. The summed E-state index contributed by atoms with van der Waals surface area (Å²) in [7, 11) is -3.67. The van der Waals surface area contributed by atoms with Gasteiger partial charge < -0.3 is 9.26 Å². The number of phosphoric acid groups is 1. The SMILES string of the molecule is CCCc1cc(OC)c(OP(=O)(O)O)c(-n2[nH]c(=O)n(-c3ccccc3)c2=O)c1. The third-order valence-electron chi connectivity index (χ3n) is 4.11.